The van der Waals surface area contributed by atoms with E-state index in [1.54, 1.807) is 6.20 Å². The third-order valence-corrected chi connectivity index (χ3v) is 4.88. The maximum absolute atomic E-state index is 12.7. The standard InChI is InChI=1S/C18H27N3O/c22-18(20-15-9-4-1-2-5-10-15)16-11-8-12-19-17(16)21-13-6-3-7-14-21/h8,11-12,15H,1-7,9-10,13-14H2,(H,20,22). The van der Waals surface area contributed by atoms with E-state index in [2.05, 4.69) is 15.2 Å². The number of rotatable bonds is 3. The van der Waals surface area contributed by atoms with Crippen molar-refractivity contribution in [3.8, 4) is 0 Å². The van der Waals surface area contributed by atoms with E-state index in [4.69, 9.17) is 0 Å². The molecule has 3 rings (SSSR count). The zero-order valence-corrected chi connectivity index (χ0v) is 13.4. The molecule has 0 radical (unpaired) electrons. The summed E-state index contributed by atoms with van der Waals surface area (Å²) in [5.41, 5.74) is 0.744. The van der Waals surface area contributed by atoms with Crippen LogP contribution < -0.4 is 10.2 Å². The first-order valence-electron chi connectivity index (χ1n) is 8.85. The lowest BCUT2D eigenvalue weighted by Gasteiger charge is -2.29. The molecule has 0 unspecified atom stereocenters. The van der Waals surface area contributed by atoms with Crippen molar-refractivity contribution < 1.29 is 4.79 Å². The Labute approximate surface area is 133 Å². The Hall–Kier alpha value is -1.58. The van der Waals surface area contributed by atoms with Crippen LogP contribution in [0.2, 0.25) is 0 Å². The summed E-state index contributed by atoms with van der Waals surface area (Å²) >= 11 is 0. The van der Waals surface area contributed by atoms with Crippen LogP contribution >= 0.6 is 0 Å². The molecule has 2 heterocycles. The average molecular weight is 301 g/mol. The Bertz CT molecular complexity index is 489. The van der Waals surface area contributed by atoms with Gasteiger partial charge in [-0.1, -0.05) is 25.7 Å². The van der Waals surface area contributed by atoms with Crippen LogP contribution in [0.4, 0.5) is 5.82 Å². The average Bonchev–Trinajstić information content (AvgIpc) is 2.84. The molecule has 0 atom stereocenters. The molecule has 1 N–H and O–H groups in total. The number of hydrogen-bond donors (Lipinski definition) is 1. The van der Waals surface area contributed by atoms with Crippen molar-refractivity contribution in [3.63, 3.8) is 0 Å². The van der Waals surface area contributed by atoms with Gasteiger partial charge in [-0.3, -0.25) is 4.79 Å². The van der Waals surface area contributed by atoms with Gasteiger partial charge in [-0.25, -0.2) is 4.98 Å². The highest BCUT2D eigenvalue weighted by Gasteiger charge is 2.22. The second-order valence-electron chi connectivity index (χ2n) is 6.58. The van der Waals surface area contributed by atoms with E-state index in [0.29, 0.717) is 6.04 Å². The summed E-state index contributed by atoms with van der Waals surface area (Å²) in [7, 11) is 0. The largest absolute Gasteiger partial charge is 0.356 e. The molecule has 2 aliphatic rings. The number of nitrogens with zero attached hydrogens (tertiary/aromatic N) is 2. The normalized spacial score (nSPS) is 20.5. The van der Waals surface area contributed by atoms with E-state index in [9.17, 15) is 4.79 Å². The van der Waals surface area contributed by atoms with E-state index in [1.165, 1.54) is 44.9 Å². The number of anilines is 1. The summed E-state index contributed by atoms with van der Waals surface area (Å²) in [6, 6.07) is 4.13. The van der Waals surface area contributed by atoms with E-state index in [0.717, 1.165) is 37.3 Å². The highest BCUT2D eigenvalue weighted by molar-refractivity contribution is 5.99. The molecule has 0 spiro atoms. The minimum absolute atomic E-state index is 0.0561. The van der Waals surface area contributed by atoms with Gasteiger partial charge in [-0.2, -0.15) is 0 Å². The summed E-state index contributed by atoms with van der Waals surface area (Å²) in [6.07, 6.45) is 12.8. The number of pyridine rings is 1. The smallest absolute Gasteiger partial charge is 0.255 e. The van der Waals surface area contributed by atoms with Crippen molar-refractivity contribution in [2.45, 2.75) is 63.8 Å². The zero-order valence-electron chi connectivity index (χ0n) is 13.4. The first-order chi connectivity index (χ1) is 10.8. The topological polar surface area (TPSA) is 45.2 Å². The molecule has 1 aliphatic heterocycles. The third kappa shape index (κ3) is 3.79. The summed E-state index contributed by atoms with van der Waals surface area (Å²) in [5.74, 6) is 0.925. The van der Waals surface area contributed by atoms with Gasteiger partial charge in [-0.05, 0) is 44.2 Å². The van der Waals surface area contributed by atoms with Gasteiger partial charge < -0.3 is 10.2 Å². The molecular formula is C18H27N3O. The molecule has 0 aromatic carbocycles. The molecule has 1 saturated carbocycles. The first kappa shape index (κ1) is 15.3. The van der Waals surface area contributed by atoms with Gasteiger partial charge in [0.15, 0.2) is 0 Å². The van der Waals surface area contributed by atoms with Crippen molar-refractivity contribution in [2.24, 2.45) is 0 Å². The van der Waals surface area contributed by atoms with Crippen LogP contribution in [0.25, 0.3) is 0 Å². The molecule has 1 aromatic heterocycles. The Kier molecular flexibility index (Phi) is 5.30. The molecule has 4 heteroatoms. The van der Waals surface area contributed by atoms with Gasteiger partial charge >= 0.3 is 0 Å². The van der Waals surface area contributed by atoms with E-state index in [-0.39, 0.29) is 5.91 Å². The number of aromatic nitrogens is 1. The molecule has 22 heavy (non-hydrogen) atoms. The lowest BCUT2D eigenvalue weighted by molar-refractivity contribution is 0.0933. The molecular weight excluding hydrogens is 274 g/mol. The molecule has 1 aliphatic carbocycles. The van der Waals surface area contributed by atoms with Gasteiger partial charge in [0.05, 0.1) is 5.56 Å². The SMILES string of the molecule is O=C(NC1CCCCCC1)c1cccnc1N1CCCCC1. The van der Waals surface area contributed by atoms with Gasteiger partial charge in [-0.15, -0.1) is 0 Å². The van der Waals surface area contributed by atoms with Gasteiger partial charge in [0.1, 0.15) is 5.82 Å². The maximum Gasteiger partial charge on any atom is 0.255 e. The van der Waals surface area contributed by atoms with Crippen LogP contribution in [0, 0.1) is 0 Å². The molecule has 4 nitrogen and oxygen atoms in total. The fourth-order valence-electron chi connectivity index (χ4n) is 3.62. The van der Waals surface area contributed by atoms with E-state index in [1.807, 2.05) is 12.1 Å². The molecule has 0 bridgehead atoms. The second-order valence-corrected chi connectivity index (χ2v) is 6.58. The van der Waals surface area contributed by atoms with Gasteiger partial charge in [0.25, 0.3) is 5.91 Å². The van der Waals surface area contributed by atoms with Crippen LogP contribution in [0.3, 0.4) is 0 Å². The van der Waals surface area contributed by atoms with Crippen molar-refractivity contribution in [1.82, 2.24) is 10.3 Å². The Morgan fingerprint density at radius 3 is 2.45 bits per heavy atom. The summed E-state index contributed by atoms with van der Waals surface area (Å²) in [4.78, 5) is 19.5. The molecule has 1 amide bonds. The Morgan fingerprint density at radius 1 is 1.05 bits per heavy atom. The van der Waals surface area contributed by atoms with Crippen molar-refractivity contribution in [3.05, 3.63) is 23.9 Å². The fraction of sp³-hybridized carbons (Fsp3) is 0.667. The fourth-order valence-corrected chi connectivity index (χ4v) is 3.62. The van der Waals surface area contributed by atoms with Gasteiger partial charge in [0, 0.05) is 25.3 Å². The first-order valence-corrected chi connectivity index (χ1v) is 8.85. The summed E-state index contributed by atoms with van der Waals surface area (Å²) in [6.45, 7) is 2.03. The van der Waals surface area contributed by atoms with Crippen molar-refractivity contribution in [2.75, 3.05) is 18.0 Å². The van der Waals surface area contributed by atoms with Crippen molar-refractivity contribution >= 4 is 11.7 Å². The molecule has 1 aromatic rings. The Morgan fingerprint density at radius 2 is 1.73 bits per heavy atom. The van der Waals surface area contributed by atoms with E-state index < -0.39 is 0 Å². The van der Waals surface area contributed by atoms with Crippen LogP contribution in [0.5, 0.6) is 0 Å². The lowest BCUT2D eigenvalue weighted by Crippen LogP contribution is -2.37. The summed E-state index contributed by atoms with van der Waals surface area (Å²) < 4.78 is 0. The lowest BCUT2D eigenvalue weighted by atomic mass is 10.1. The Balaban J connectivity index is 1.71. The number of piperidine rings is 1. The third-order valence-electron chi connectivity index (χ3n) is 4.88. The number of hydrogen-bond acceptors (Lipinski definition) is 3. The van der Waals surface area contributed by atoms with Gasteiger partial charge in [0.2, 0.25) is 0 Å². The zero-order chi connectivity index (χ0) is 15.2. The minimum Gasteiger partial charge on any atom is -0.356 e. The predicted octanol–water partition coefficient (Wildman–Crippen LogP) is 3.52. The molecule has 120 valence electrons. The van der Waals surface area contributed by atoms with Crippen molar-refractivity contribution in [1.29, 1.82) is 0 Å². The maximum atomic E-state index is 12.7. The highest BCUT2D eigenvalue weighted by Crippen LogP contribution is 2.23. The minimum atomic E-state index is 0.0561. The number of carbonyl (C=O) groups is 1. The monoisotopic (exact) mass is 301 g/mol. The number of carbonyl (C=O) groups excluding carboxylic acids is 1. The second kappa shape index (κ2) is 7.61. The highest BCUT2D eigenvalue weighted by atomic mass is 16.1. The quantitative estimate of drug-likeness (QED) is 0.869. The predicted molar refractivity (Wildman–Crippen MR) is 89.3 cm³/mol. The summed E-state index contributed by atoms with van der Waals surface area (Å²) in [5, 5.41) is 3.25. The van der Waals surface area contributed by atoms with Crippen LogP contribution in [-0.2, 0) is 0 Å². The molecule has 1 saturated heterocycles. The number of nitrogens with one attached hydrogen (secondary N) is 1. The molecule has 2 fully saturated rings. The van der Waals surface area contributed by atoms with Crippen LogP contribution in [0.15, 0.2) is 18.3 Å². The van der Waals surface area contributed by atoms with E-state index >= 15 is 0 Å². The van der Waals surface area contributed by atoms with Crippen LogP contribution in [-0.4, -0.2) is 30.0 Å². The number of amides is 1. The van der Waals surface area contributed by atoms with Crippen LogP contribution in [0.1, 0.15) is 68.1 Å².